The summed E-state index contributed by atoms with van der Waals surface area (Å²) in [6.45, 7) is 7.41. The first-order chi connectivity index (χ1) is 10.9. The molecule has 0 aliphatic heterocycles. The molecule has 1 heterocycles. The summed E-state index contributed by atoms with van der Waals surface area (Å²) in [5, 5.41) is 0. The van der Waals surface area contributed by atoms with Gasteiger partial charge in [-0.15, -0.1) is 0 Å². The van der Waals surface area contributed by atoms with Crippen molar-refractivity contribution >= 4 is 11.1 Å². The first-order valence-corrected chi connectivity index (χ1v) is 7.77. The summed E-state index contributed by atoms with van der Waals surface area (Å²) in [5.41, 5.74) is 2.79. The Hall–Kier alpha value is -2.49. The lowest BCUT2D eigenvalue weighted by atomic mass is 9.87. The Morgan fingerprint density at radius 2 is 1.74 bits per heavy atom. The molecule has 0 amide bonds. The van der Waals surface area contributed by atoms with E-state index in [1.165, 1.54) is 5.56 Å². The number of hydrogen-bond acceptors (Lipinski definition) is 3. The van der Waals surface area contributed by atoms with Crippen molar-refractivity contribution in [2.45, 2.75) is 32.7 Å². The van der Waals surface area contributed by atoms with E-state index in [1.54, 1.807) is 10.6 Å². The van der Waals surface area contributed by atoms with Gasteiger partial charge in [0, 0.05) is 0 Å². The van der Waals surface area contributed by atoms with Gasteiger partial charge >= 0.3 is 5.76 Å². The van der Waals surface area contributed by atoms with Crippen LogP contribution in [0, 0.1) is 0 Å². The molecule has 0 aliphatic rings. The summed E-state index contributed by atoms with van der Waals surface area (Å²) in [6, 6.07) is 15.5. The van der Waals surface area contributed by atoms with E-state index >= 15 is 0 Å². The average Bonchev–Trinajstić information content (AvgIpc) is 2.83. The summed E-state index contributed by atoms with van der Waals surface area (Å²) in [7, 11) is 0. The molecule has 0 spiro atoms. The van der Waals surface area contributed by atoms with Gasteiger partial charge in [-0.25, -0.2) is 4.79 Å². The monoisotopic (exact) mass is 311 g/mol. The van der Waals surface area contributed by atoms with Crippen LogP contribution in [0.1, 0.15) is 26.3 Å². The highest BCUT2D eigenvalue weighted by atomic mass is 16.5. The normalized spacial score (nSPS) is 11.8. The maximum absolute atomic E-state index is 11.9. The highest BCUT2D eigenvalue weighted by Crippen LogP contribution is 2.24. The standard InChI is InChI=1S/C19H21NO3/c1-19(2,3)14-8-10-15(11-9-14)22-13-12-20-16-6-4-5-7-17(16)23-18(20)21/h4-11H,12-13H2,1-3H3. The van der Waals surface area contributed by atoms with Gasteiger partial charge in [0.1, 0.15) is 12.4 Å². The van der Waals surface area contributed by atoms with E-state index in [9.17, 15) is 4.79 Å². The second-order valence-electron chi connectivity index (χ2n) is 6.61. The quantitative estimate of drug-likeness (QED) is 0.732. The number of hydrogen-bond donors (Lipinski definition) is 0. The van der Waals surface area contributed by atoms with Gasteiger partial charge in [0.2, 0.25) is 0 Å². The molecule has 0 bridgehead atoms. The van der Waals surface area contributed by atoms with E-state index < -0.39 is 0 Å². The van der Waals surface area contributed by atoms with Crippen LogP contribution in [0.5, 0.6) is 5.75 Å². The van der Waals surface area contributed by atoms with Crippen LogP contribution in [0.4, 0.5) is 0 Å². The summed E-state index contributed by atoms with van der Waals surface area (Å²) >= 11 is 0. The van der Waals surface area contributed by atoms with E-state index in [2.05, 4.69) is 32.9 Å². The van der Waals surface area contributed by atoms with E-state index in [0.29, 0.717) is 18.7 Å². The summed E-state index contributed by atoms with van der Waals surface area (Å²) in [5.74, 6) is 0.455. The average molecular weight is 311 g/mol. The topological polar surface area (TPSA) is 44.4 Å². The number of nitrogens with zero attached hydrogens (tertiary/aromatic N) is 1. The molecule has 0 aliphatic carbocycles. The Kier molecular flexibility index (Phi) is 3.99. The largest absolute Gasteiger partial charge is 0.492 e. The van der Waals surface area contributed by atoms with Crippen LogP contribution in [-0.4, -0.2) is 11.2 Å². The molecular weight excluding hydrogens is 290 g/mol. The molecule has 4 heteroatoms. The third-order valence-electron chi connectivity index (χ3n) is 3.88. The van der Waals surface area contributed by atoms with Crippen LogP contribution < -0.4 is 10.5 Å². The van der Waals surface area contributed by atoms with Crippen LogP contribution in [0.3, 0.4) is 0 Å². The van der Waals surface area contributed by atoms with Gasteiger partial charge < -0.3 is 9.15 Å². The summed E-state index contributed by atoms with van der Waals surface area (Å²) in [4.78, 5) is 11.9. The fourth-order valence-electron chi connectivity index (χ4n) is 2.53. The van der Waals surface area contributed by atoms with E-state index in [4.69, 9.17) is 9.15 Å². The Balaban J connectivity index is 1.67. The predicted molar refractivity (Wildman–Crippen MR) is 91.1 cm³/mol. The zero-order valence-electron chi connectivity index (χ0n) is 13.7. The highest BCUT2D eigenvalue weighted by Gasteiger charge is 2.13. The fraction of sp³-hybridized carbons (Fsp3) is 0.316. The Bertz CT molecular complexity index is 851. The second kappa shape index (κ2) is 5.95. The molecule has 3 aromatic rings. The Labute approximate surface area is 135 Å². The molecule has 3 rings (SSSR count). The van der Waals surface area contributed by atoms with E-state index in [1.807, 2.05) is 30.3 Å². The number of oxazole rings is 1. The lowest BCUT2D eigenvalue weighted by Gasteiger charge is -2.19. The molecule has 2 aromatic carbocycles. The lowest BCUT2D eigenvalue weighted by molar-refractivity contribution is 0.294. The molecule has 0 atom stereocenters. The van der Waals surface area contributed by atoms with E-state index in [-0.39, 0.29) is 11.2 Å². The number of aromatic nitrogens is 1. The summed E-state index contributed by atoms with van der Waals surface area (Å²) < 4.78 is 12.6. The fourth-order valence-corrected chi connectivity index (χ4v) is 2.53. The van der Waals surface area contributed by atoms with Crippen molar-refractivity contribution in [1.29, 1.82) is 0 Å². The van der Waals surface area contributed by atoms with Crippen LogP contribution >= 0.6 is 0 Å². The molecule has 120 valence electrons. The molecule has 0 radical (unpaired) electrons. The molecule has 4 nitrogen and oxygen atoms in total. The van der Waals surface area contributed by atoms with Crippen molar-refractivity contribution in [2.75, 3.05) is 6.61 Å². The molecule has 23 heavy (non-hydrogen) atoms. The first kappa shape index (κ1) is 15.4. The van der Waals surface area contributed by atoms with Gasteiger partial charge in [-0.05, 0) is 35.2 Å². The van der Waals surface area contributed by atoms with Gasteiger partial charge in [0.25, 0.3) is 0 Å². The highest BCUT2D eigenvalue weighted by molar-refractivity contribution is 5.72. The van der Waals surface area contributed by atoms with Crippen molar-refractivity contribution in [2.24, 2.45) is 0 Å². The molecule has 0 N–H and O–H groups in total. The maximum Gasteiger partial charge on any atom is 0.420 e. The zero-order chi connectivity index (χ0) is 16.4. The van der Waals surface area contributed by atoms with Crippen molar-refractivity contribution in [3.8, 4) is 5.75 Å². The van der Waals surface area contributed by atoms with Crippen LogP contribution in [0.25, 0.3) is 11.1 Å². The van der Waals surface area contributed by atoms with Crippen LogP contribution in [0.2, 0.25) is 0 Å². The third kappa shape index (κ3) is 3.31. The maximum atomic E-state index is 11.9. The smallest absolute Gasteiger partial charge is 0.420 e. The minimum Gasteiger partial charge on any atom is -0.492 e. The molecule has 1 aromatic heterocycles. The first-order valence-electron chi connectivity index (χ1n) is 7.77. The van der Waals surface area contributed by atoms with Crippen molar-refractivity contribution in [1.82, 2.24) is 4.57 Å². The van der Waals surface area contributed by atoms with Gasteiger partial charge in [0.15, 0.2) is 5.58 Å². The number of rotatable bonds is 4. The Morgan fingerprint density at radius 1 is 1.04 bits per heavy atom. The van der Waals surface area contributed by atoms with Gasteiger partial charge in [-0.2, -0.15) is 0 Å². The minimum absolute atomic E-state index is 0.127. The van der Waals surface area contributed by atoms with Gasteiger partial charge in [0.05, 0.1) is 12.1 Å². The molecule has 0 saturated carbocycles. The SMILES string of the molecule is CC(C)(C)c1ccc(OCCn2c(=O)oc3ccccc32)cc1. The lowest BCUT2D eigenvalue weighted by Crippen LogP contribution is -2.18. The van der Waals surface area contributed by atoms with E-state index in [0.717, 1.165) is 11.3 Å². The molecular formula is C19H21NO3. The Morgan fingerprint density at radius 3 is 2.43 bits per heavy atom. The summed E-state index contributed by atoms with van der Waals surface area (Å²) in [6.07, 6.45) is 0. The van der Waals surface area contributed by atoms with Crippen molar-refractivity contribution in [3.63, 3.8) is 0 Å². The number of fused-ring (bicyclic) bond motifs is 1. The second-order valence-corrected chi connectivity index (χ2v) is 6.61. The zero-order valence-corrected chi connectivity index (χ0v) is 13.7. The number of benzene rings is 2. The molecule has 0 saturated heterocycles. The van der Waals surface area contributed by atoms with Crippen molar-refractivity contribution < 1.29 is 9.15 Å². The van der Waals surface area contributed by atoms with Crippen LogP contribution in [0.15, 0.2) is 57.7 Å². The molecule has 0 fully saturated rings. The number of ether oxygens (including phenoxy) is 1. The molecule has 0 unspecified atom stereocenters. The number of para-hydroxylation sites is 2. The van der Waals surface area contributed by atoms with Gasteiger partial charge in [-0.1, -0.05) is 45.0 Å². The van der Waals surface area contributed by atoms with Crippen molar-refractivity contribution in [3.05, 3.63) is 64.6 Å². The van der Waals surface area contributed by atoms with Crippen LogP contribution in [-0.2, 0) is 12.0 Å². The van der Waals surface area contributed by atoms with Gasteiger partial charge in [-0.3, -0.25) is 4.57 Å². The minimum atomic E-state index is -0.349. The predicted octanol–water partition coefficient (Wildman–Crippen LogP) is 3.97. The third-order valence-corrected chi connectivity index (χ3v) is 3.88.